The molecule has 4 N–H and O–H groups in total. The standard InChI is InChI=1S/C17H18ClN5O/c1-10-6-7-23(24)15-9-11(12-4-2-3-5-13(12)18)8-14(16(10)15)21-22-17(19)20/h2-7,11H,8-9H2,1H3,(H4,19,20,22). The third-order valence-electron chi connectivity index (χ3n) is 4.21. The molecule has 1 atom stereocenters. The van der Waals surface area contributed by atoms with Crippen molar-refractivity contribution in [3.8, 4) is 0 Å². The summed E-state index contributed by atoms with van der Waals surface area (Å²) in [4.78, 5) is 0. The molecule has 1 heterocycles. The number of halogens is 1. The van der Waals surface area contributed by atoms with Crippen LogP contribution in [0.25, 0.3) is 0 Å². The van der Waals surface area contributed by atoms with Crippen molar-refractivity contribution in [2.45, 2.75) is 25.7 Å². The topological polar surface area (TPSA) is 104 Å². The number of hydrogen-bond acceptors (Lipinski definition) is 3. The fourth-order valence-electron chi connectivity index (χ4n) is 3.15. The van der Waals surface area contributed by atoms with Crippen molar-refractivity contribution in [1.29, 1.82) is 0 Å². The summed E-state index contributed by atoms with van der Waals surface area (Å²) in [6, 6.07) is 9.41. The Bertz CT molecular complexity index is 843. The Morgan fingerprint density at radius 1 is 1.25 bits per heavy atom. The molecule has 0 fully saturated rings. The van der Waals surface area contributed by atoms with E-state index < -0.39 is 0 Å². The van der Waals surface area contributed by atoms with Gasteiger partial charge in [-0.05, 0) is 30.5 Å². The van der Waals surface area contributed by atoms with Gasteiger partial charge in [-0.3, -0.25) is 0 Å². The molecule has 6 nitrogen and oxygen atoms in total. The highest BCUT2D eigenvalue weighted by Gasteiger charge is 2.32. The number of hydrogen-bond donors (Lipinski definition) is 2. The van der Waals surface area contributed by atoms with Crippen molar-refractivity contribution in [1.82, 2.24) is 0 Å². The number of nitrogens with zero attached hydrogens (tertiary/aromatic N) is 3. The molecular weight excluding hydrogens is 326 g/mol. The number of rotatable bonds is 2. The number of guanidine groups is 1. The van der Waals surface area contributed by atoms with E-state index in [4.69, 9.17) is 23.1 Å². The first kappa shape index (κ1) is 16.3. The van der Waals surface area contributed by atoms with E-state index >= 15 is 0 Å². The van der Waals surface area contributed by atoms with Gasteiger partial charge in [-0.2, -0.15) is 9.83 Å². The maximum absolute atomic E-state index is 12.3. The molecule has 1 aliphatic rings. The second kappa shape index (κ2) is 6.49. The SMILES string of the molecule is Cc1cc[n+]([O-])c2c1C(=NN=C(N)N)CC(c1ccccc1Cl)C2. The Labute approximate surface area is 145 Å². The molecule has 3 rings (SSSR count). The van der Waals surface area contributed by atoms with Crippen LogP contribution in [0.5, 0.6) is 0 Å². The van der Waals surface area contributed by atoms with Gasteiger partial charge in [-0.1, -0.05) is 29.8 Å². The summed E-state index contributed by atoms with van der Waals surface area (Å²) < 4.78 is 0.885. The number of nitrogens with two attached hydrogens (primary N) is 2. The number of benzene rings is 1. The first-order chi connectivity index (χ1) is 11.5. The summed E-state index contributed by atoms with van der Waals surface area (Å²) in [7, 11) is 0. The average Bonchev–Trinajstić information content (AvgIpc) is 2.56. The minimum atomic E-state index is -0.118. The number of pyridine rings is 1. The molecule has 1 aromatic carbocycles. The van der Waals surface area contributed by atoms with E-state index in [9.17, 15) is 5.21 Å². The van der Waals surface area contributed by atoms with Crippen molar-refractivity contribution in [2.75, 3.05) is 0 Å². The molecule has 0 bridgehead atoms. The zero-order chi connectivity index (χ0) is 17.3. The molecule has 0 radical (unpaired) electrons. The maximum atomic E-state index is 12.3. The van der Waals surface area contributed by atoms with Crippen LogP contribution in [0.15, 0.2) is 46.7 Å². The molecule has 7 heteroatoms. The second-order valence-electron chi connectivity index (χ2n) is 5.84. The van der Waals surface area contributed by atoms with Gasteiger partial charge in [-0.15, -0.1) is 5.10 Å². The van der Waals surface area contributed by atoms with Crippen molar-refractivity contribution in [3.63, 3.8) is 0 Å². The zero-order valence-corrected chi connectivity index (χ0v) is 14.0. The van der Waals surface area contributed by atoms with Gasteiger partial charge in [0.05, 0.1) is 11.3 Å². The third-order valence-corrected chi connectivity index (χ3v) is 4.55. The van der Waals surface area contributed by atoms with E-state index in [1.54, 1.807) is 6.07 Å². The lowest BCUT2D eigenvalue weighted by molar-refractivity contribution is -0.614. The van der Waals surface area contributed by atoms with Crippen LogP contribution in [-0.4, -0.2) is 11.7 Å². The van der Waals surface area contributed by atoms with Crippen molar-refractivity contribution in [2.24, 2.45) is 21.7 Å². The summed E-state index contributed by atoms with van der Waals surface area (Å²) in [6.07, 6.45) is 2.71. The van der Waals surface area contributed by atoms with E-state index in [0.717, 1.165) is 21.4 Å². The predicted octanol–water partition coefficient (Wildman–Crippen LogP) is 1.99. The van der Waals surface area contributed by atoms with Crippen LogP contribution in [0.3, 0.4) is 0 Å². The Hall–Kier alpha value is -2.60. The Balaban J connectivity index is 2.14. The lowest BCUT2D eigenvalue weighted by atomic mass is 9.80. The number of aromatic nitrogens is 1. The molecular formula is C17H18ClN5O. The third kappa shape index (κ3) is 3.05. The Kier molecular flexibility index (Phi) is 4.40. The average molecular weight is 344 g/mol. The van der Waals surface area contributed by atoms with Gasteiger partial charge in [0.1, 0.15) is 0 Å². The van der Waals surface area contributed by atoms with Crippen LogP contribution in [0.4, 0.5) is 0 Å². The number of aryl methyl sites for hydroxylation is 1. The normalized spacial score (nSPS) is 18.2. The van der Waals surface area contributed by atoms with Crippen LogP contribution in [0.2, 0.25) is 5.02 Å². The van der Waals surface area contributed by atoms with Gasteiger partial charge in [0.25, 0.3) is 0 Å². The van der Waals surface area contributed by atoms with Gasteiger partial charge in [0.2, 0.25) is 11.7 Å². The number of fused-ring (bicyclic) bond motifs is 1. The van der Waals surface area contributed by atoms with Crippen molar-refractivity contribution < 1.29 is 4.73 Å². The first-order valence-corrected chi connectivity index (χ1v) is 7.97. The van der Waals surface area contributed by atoms with Crippen LogP contribution in [-0.2, 0) is 6.42 Å². The van der Waals surface area contributed by atoms with Crippen molar-refractivity contribution in [3.05, 3.63) is 69.1 Å². The molecule has 24 heavy (non-hydrogen) atoms. The van der Waals surface area contributed by atoms with E-state index in [1.165, 1.54) is 6.20 Å². The van der Waals surface area contributed by atoms with Gasteiger partial charge >= 0.3 is 0 Å². The minimum Gasteiger partial charge on any atom is -0.618 e. The summed E-state index contributed by atoms with van der Waals surface area (Å²) in [5.41, 5.74) is 14.9. The molecule has 2 aromatic rings. The van der Waals surface area contributed by atoms with Crippen LogP contribution < -0.4 is 16.2 Å². The van der Waals surface area contributed by atoms with Crippen LogP contribution in [0, 0.1) is 12.1 Å². The molecule has 1 aromatic heterocycles. The smallest absolute Gasteiger partial charge is 0.211 e. The van der Waals surface area contributed by atoms with E-state index in [1.807, 2.05) is 31.2 Å². The van der Waals surface area contributed by atoms with Crippen LogP contribution >= 0.6 is 11.6 Å². The van der Waals surface area contributed by atoms with Gasteiger partial charge in [0.15, 0.2) is 6.20 Å². The van der Waals surface area contributed by atoms with Gasteiger partial charge in [0, 0.05) is 23.4 Å². The summed E-state index contributed by atoms with van der Waals surface area (Å²) >= 11 is 6.34. The predicted molar refractivity (Wildman–Crippen MR) is 95.0 cm³/mol. The fraction of sp³-hybridized carbons (Fsp3) is 0.235. The largest absolute Gasteiger partial charge is 0.618 e. The molecule has 1 unspecified atom stereocenters. The Morgan fingerprint density at radius 2 is 2.00 bits per heavy atom. The molecule has 124 valence electrons. The highest BCUT2D eigenvalue weighted by Crippen LogP contribution is 2.36. The highest BCUT2D eigenvalue weighted by atomic mass is 35.5. The summed E-state index contributed by atoms with van der Waals surface area (Å²) in [6.45, 7) is 1.94. The fourth-order valence-corrected chi connectivity index (χ4v) is 3.44. The molecule has 0 amide bonds. The summed E-state index contributed by atoms with van der Waals surface area (Å²) in [5, 5.41) is 21.0. The van der Waals surface area contributed by atoms with Gasteiger partial charge < -0.3 is 16.7 Å². The van der Waals surface area contributed by atoms with E-state index in [0.29, 0.717) is 29.3 Å². The van der Waals surface area contributed by atoms with E-state index in [-0.39, 0.29) is 11.9 Å². The Morgan fingerprint density at radius 3 is 2.71 bits per heavy atom. The van der Waals surface area contributed by atoms with Crippen molar-refractivity contribution >= 4 is 23.3 Å². The monoisotopic (exact) mass is 343 g/mol. The molecule has 0 aliphatic heterocycles. The minimum absolute atomic E-state index is 0.0427. The highest BCUT2D eigenvalue weighted by molar-refractivity contribution is 6.31. The second-order valence-corrected chi connectivity index (χ2v) is 6.25. The van der Waals surface area contributed by atoms with Crippen LogP contribution in [0.1, 0.15) is 34.7 Å². The molecule has 0 saturated carbocycles. The molecule has 1 aliphatic carbocycles. The van der Waals surface area contributed by atoms with E-state index in [2.05, 4.69) is 10.2 Å². The summed E-state index contributed by atoms with van der Waals surface area (Å²) in [5.74, 6) is -0.0753. The van der Waals surface area contributed by atoms with Gasteiger partial charge in [-0.25, -0.2) is 0 Å². The molecule has 0 saturated heterocycles. The lowest BCUT2D eigenvalue weighted by Crippen LogP contribution is -2.38. The maximum Gasteiger partial charge on any atom is 0.211 e. The zero-order valence-electron chi connectivity index (χ0n) is 13.2. The quantitative estimate of drug-likeness (QED) is 0.286. The lowest BCUT2D eigenvalue weighted by Gasteiger charge is -2.26. The molecule has 0 spiro atoms. The first-order valence-electron chi connectivity index (χ1n) is 7.59.